The molecule has 2 amide bonds. The van der Waals surface area contributed by atoms with Crippen molar-refractivity contribution >= 4 is 11.8 Å². The maximum Gasteiger partial charge on any atom is 0.573 e. The van der Waals surface area contributed by atoms with Crippen LogP contribution in [0.5, 0.6) is 5.75 Å². The summed E-state index contributed by atoms with van der Waals surface area (Å²) < 4.78 is 47.1. The van der Waals surface area contributed by atoms with Crippen LogP contribution in [0.3, 0.4) is 0 Å². The average molecular weight is 438 g/mol. The number of piperidine rings is 1. The van der Waals surface area contributed by atoms with Gasteiger partial charge in [-0.15, -0.1) is 13.2 Å². The lowest BCUT2D eigenvalue weighted by atomic mass is 9.95. The van der Waals surface area contributed by atoms with Crippen molar-refractivity contribution in [3.63, 3.8) is 0 Å². The summed E-state index contributed by atoms with van der Waals surface area (Å²) in [6.45, 7) is 3.38. The fourth-order valence-corrected chi connectivity index (χ4v) is 3.86. The third-order valence-electron chi connectivity index (χ3n) is 5.62. The van der Waals surface area contributed by atoms with Crippen LogP contribution < -0.4 is 4.74 Å². The van der Waals surface area contributed by atoms with E-state index < -0.39 is 18.0 Å². The number of ether oxygens (including phenoxy) is 1. The van der Waals surface area contributed by atoms with Gasteiger partial charge in [-0.1, -0.05) is 17.3 Å². The molecule has 0 spiro atoms. The van der Waals surface area contributed by atoms with Crippen molar-refractivity contribution in [1.82, 2.24) is 19.9 Å². The molecule has 1 aromatic heterocycles. The molecule has 1 aromatic carbocycles. The van der Waals surface area contributed by atoms with Crippen molar-refractivity contribution in [2.45, 2.75) is 38.0 Å². The molecule has 0 saturated carbocycles. The maximum absolute atomic E-state index is 12.6. The minimum absolute atomic E-state index is 0.0497. The van der Waals surface area contributed by atoms with Gasteiger partial charge in [-0.3, -0.25) is 9.59 Å². The Morgan fingerprint density at radius 2 is 1.77 bits per heavy atom. The van der Waals surface area contributed by atoms with Gasteiger partial charge in [0.25, 0.3) is 5.91 Å². The minimum Gasteiger partial charge on any atom is -0.405 e. The van der Waals surface area contributed by atoms with Gasteiger partial charge in [-0.05, 0) is 25.0 Å². The van der Waals surface area contributed by atoms with Gasteiger partial charge in [0.05, 0.1) is 11.5 Å². The normalized spacial score (nSPS) is 18.1. The van der Waals surface area contributed by atoms with Gasteiger partial charge in [0.1, 0.15) is 5.75 Å². The molecule has 166 valence electrons. The van der Waals surface area contributed by atoms with E-state index in [0.717, 1.165) is 18.9 Å². The summed E-state index contributed by atoms with van der Waals surface area (Å²) in [5.41, 5.74) is -0.151. The lowest BCUT2D eigenvalue weighted by Crippen LogP contribution is -2.48. The highest BCUT2D eigenvalue weighted by molar-refractivity contribution is 5.97. The molecule has 11 heteroatoms. The number of nitrogens with zero attached hydrogens (tertiary/aromatic N) is 4. The molecule has 3 heterocycles. The number of rotatable bonds is 4. The lowest BCUT2D eigenvalue weighted by Gasteiger charge is -2.37. The first-order chi connectivity index (χ1) is 14.7. The van der Waals surface area contributed by atoms with Crippen molar-refractivity contribution in [2.24, 2.45) is 0 Å². The molecular weight excluding hydrogens is 417 g/mol. The molecule has 8 nitrogen and oxygen atoms in total. The molecule has 0 aliphatic carbocycles. The zero-order chi connectivity index (χ0) is 22.2. The Morgan fingerprint density at radius 3 is 2.42 bits per heavy atom. The Balaban J connectivity index is 1.35. The van der Waals surface area contributed by atoms with E-state index in [9.17, 15) is 22.8 Å². The third-order valence-corrected chi connectivity index (χ3v) is 5.62. The number of carbonyl (C=O) groups excluding carboxylic acids is 2. The SMILES string of the molecule is CC(=O)N1CCC(c2noc(C3CN(C(=O)c4ccccc4OC(F)(F)F)C3)n2)CC1. The monoisotopic (exact) mass is 438 g/mol. The summed E-state index contributed by atoms with van der Waals surface area (Å²) in [6.07, 6.45) is -3.37. The van der Waals surface area contributed by atoms with Crippen LogP contribution in [-0.4, -0.2) is 64.3 Å². The van der Waals surface area contributed by atoms with Crippen LogP contribution in [-0.2, 0) is 4.79 Å². The summed E-state index contributed by atoms with van der Waals surface area (Å²) in [6, 6.07) is 5.27. The third kappa shape index (κ3) is 4.64. The largest absolute Gasteiger partial charge is 0.573 e. The molecular formula is C20H21F3N4O4. The maximum atomic E-state index is 12.6. The van der Waals surface area contributed by atoms with Crippen LogP contribution in [0.2, 0.25) is 0 Å². The van der Waals surface area contributed by atoms with Crippen molar-refractivity contribution in [3.8, 4) is 5.75 Å². The quantitative estimate of drug-likeness (QED) is 0.729. The standard InChI is InChI=1S/C20H21F3N4O4/c1-12(28)26-8-6-13(7-9-26)17-24-18(31-25-17)14-10-27(11-14)19(29)15-4-2-3-5-16(15)30-20(21,22)23/h2-5,13-14H,6-11H2,1H3. The molecule has 2 saturated heterocycles. The second kappa shape index (κ2) is 8.20. The van der Waals surface area contributed by atoms with E-state index in [0.29, 0.717) is 24.8 Å². The summed E-state index contributed by atoms with van der Waals surface area (Å²) in [5, 5.41) is 4.06. The number of benzene rings is 1. The fraction of sp³-hybridized carbons (Fsp3) is 0.500. The highest BCUT2D eigenvalue weighted by Crippen LogP contribution is 2.33. The van der Waals surface area contributed by atoms with Crippen molar-refractivity contribution in [3.05, 3.63) is 41.5 Å². The molecule has 4 rings (SSSR count). The van der Waals surface area contributed by atoms with E-state index >= 15 is 0 Å². The second-order valence-electron chi connectivity index (χ2n) is 7.72. The van der Waals surface area contributed by atoms with Gasteiger partial charge in [-0.25, -0.2) is 0 Å². The second-order valence-corrected chi connectivity index (χ2v) is 7.72. The van der Waals surface area contributed by atoms with Crippen LogP contribution >= 0.6 is 0 Å². The number of aromatic nitrogens is 2. The van der Waals surface area contributed by atoms with Gasteiger partial charge in [0.2, 0.25) is 11.8 Å². The van der Waals surface area contributed by atoms with Gasteiger partial charge in [-0.2, -0.15) is 4.98 Å². The van der Waals surface area contributed by atoms with Gasteiger partial charge in [0, 0.05) is 39.0 Å². The van der Waals surface area contributed by atoms with Crippen LogP contribution in [0.4, 0.5) is 13.2 Å². The van der Waals surface area contributed by atoms with E-state index in [1.54, 1.807) is 11.8 Å². The number of alkyl halides is 3. The van der Waals surface area contributed by atoms with Gasteiger partial charge >= 0.3 is 6.36 Å². The highest BCUT2D eigenvalue weighted by Gasteiger charge is 2.39. The highest BCUT2D eigenvalue weighted by atomic mass is 19.4. The average Bonchev–Trinajstić information content (AvgIpc) is 3.15. The number of halogens is 3. The molecule has 2 aliphatic heterocycles. The Labute approximate surface area is 175 Å². The van der Waals surface area contributed by atoms with E-state index in [2.05, 4.69) is 14.9 Å². The zero-order valence-electron chi connectivity index (χ0n) is 16.8. The van der Waals surface area contributed by atoms with Crippen LogP contribution in [0.1, 0.15) is 53.7 Å². The first-order valence-electron chi connectivity index (χ1n) is 9.94. The molecule has 2 aromatic rings. The summed E-state index contributed by atoms with van der Waals surface area (Å²) >= 11 is 0. The Bertz CT molecular complexity index is 963. The van der Waals surface area contributed by atoms with E-state index in [-0.39, 0.29) is 36.4 Å². The van der Waals surface area contributed by atoms with E-state index in [4.69, 9.17) is 4.52 Å². The molecule has 0 unspecified atom stereocenters. The minimum atomic E-state index is -4.88. The number of likely N-dealkylation sites (tertiary alicyclic amines) is 2. The van der Waals surface area contributed by atoms with Crippen LogP contribution in [0.15, 0.2) is 28.8 Å². The molecule has 0 radical (unpaired) electrons. The topological polar surface area (TPSA) is 88.8 Å². The molecule has 2 fully saturated rings. The smallest absolute Gasteiger partial charge is 0.405 e. The van der Waals surface area contributed by atoms with E-state index in [1.165, 1.54) is 23.1 Å². The first-order valence-corrected chi connectivity index (χ1v) is 9.94. The Morgan fingerprint density at radius 1 is 1.10 bits per heavy atom. The van der Waals surface area contributed by atoms with Gasteiger partial charge in [0.15, 0.2) is 5.82 Å². The predicted molar refractivity (Wildman–Crippen MR) is 100 cm³/mol. The summed E-state index contributed by atoms with van der Waals surface area (Å²) in [7, 11) is 0. The summed E-state index contributed by atoms with van der Waals surface area (Å²) in [4.78, 5) is 31.7. The predicted octanol–water partition coefficient (Wildman–Crippen LogP) is 2.93. The molecule has 0 bridgehead atoms. The van der Waals surface area contributed by atoms with Crippen LogP contribution in [0, 0.1) is 0 Å². The number of para-hydroxylation sites is 1. The Hall–Kier alpha value is -3.11. The number of hydrogen-bond acceptors (Lipinski definition) is 6. The van der Waals surface area contributed by atoms with Crippen molar-refractivity contribution < 1.29 is 32.0 Å². The van der Waals surface area contributed by atoms with Crippen molar-refractivity contribution in [1.29, 1.82) is 0 Å². The fourth-order valence-electron chi connectivity index (χ4n) is 3.86. The number of hydrogen-bond donors (Lipinski definition) is 0. The van der Waals surface area contributed by atoms with Gasteiger partial charge < -0.3 is 19.1 Å². The number of carbonyl (C=O) groups is 2. The summed E-state index contributed by atoms with van der Waals surface area (Å²) in [5.74, 6) is -0.0863. The molecule has 0 N–H and O–H groups in total. The molecule has 2 aliphatic rings. The molecule has 0 atom stereocenters. The first kappa shape index (κ1) is 21.1. The van der Waals surface area contributed by atoms with Crippen LogP contribution in [0.25, 0.3) is 0 Å². The lowest BCUT2D eigenvalue weighted by molar-refractivity contribution is -0.274. The van der Waals surface area contributed by atoms with Crippen molar-refractivity contribution in [2.75, 3.05) is 26.2 Å². The number of amides is 2. The Kier molecular flexibility index (Phi) is 5.59. The van der Waals surface area contributed by atoms with E-state index in [1.807, 2.05) is 0 Å². The zero-order valence-corrected chi connectivity index (χ0v) is 16.8. The molecule has 31 heavy (non-hydrogen) atoms.